The molecule has 0 atom stereocenters. The molecule has 2 aromatic rings. The predicted octanol–water partition coefficient (Wildman–Crippen LogP) is 1.98. The van der Waals surface area contributed by atoms with Crippen LogP contribution in [0.25, 0.3) is 5.69 Å². The Morgan fingerprint density at radius 1 is 1.20 bits per heavy atom. The summed E-state index contributed by atoms with van der Waals surface area (Å²) in [5.74, 6) is 0.966. The van der Waals surface area contributed by atoms with Gasteiger partial charge in [-0.05, 0) is 47.9 Å². The monoisotopic (exact) mass is 271 g/mol. The first-order chi connectivity index (χ1) is 9.83. The number of benzene rings is 1. The van der Waals surface area contributed by atoms with Crippen molar-refractivity contribution in [3.05, 3.63) is 36.2 Å². The van der Waals surface area contributed by atoms with Crippen LogP contribution in [-0.2, 0) is 6.42 Å². The molecule has 0 saturated heterocycles. The molecule has 0 unspecified atom stereocenters. The van der Waals surface area contributed by atoms with Crippen LogP contribution in [0.1, 0.15) is 31.5 Å². The maximum absolute atomic E-state index is 4.26. The highest BCUT2D eigenvalue weighted by Gasteiger charge is 2.35. The molecule has 0 spiro atoms. The van der Waals surface area contributed by atoms with E-state index in [-0.39, 0.29) is 0 Å². The fourth-order valence-corrected chi connectivity index (χ4v) is 3.34. The Balaban J connectivity index is 1.86. The lowest BCUT2D eigenvalue weighted by atomic mass is 9.82. The Morgan fingerprint density at radius 2 is 1.95 bits per heavy atom. The molecule has 5 nitrogen and oxygen atoms in total. The molecule has 106 valence electrons. The van der Waals surface area contributed by atoms with Crippen LogP contribution in [0.15, 0.2) is 30.3 Å². The van der Waals surface area contributed by atoms with Crippen LogP contribution in [0.2, 0.25) is 0 Å². The van der Waals surface area contributed by atoms with Gasteiger partial charge >= 0.3 is 0 Å². The van der Waals surface area contributed by atoms with E-state index in [1.165, 1.54) is 25.7 Å². The summed E-state index contributed by atoms with van der Waals surface area (Å²) < 4.78 is 1.87. The minimum Gasteiger partial charge on any atom is -0.319 e. The summed E-state index contributed by atoms with van der Waals surface area (Å²) >= 11 is 0. The first-order valence-corrected chi connectivity index (χ1v) is 7.30. The van der Waals surface area contributed by atoms with Gasteiger partial charge in [0.25, 0.3) is 0 Å². The van der Waals surface area contributed by atoms with Gasteiger partial charge in [0.15, 0.2) is 5.82 Å². The predicted molar refractivity (Wildman–Crippen MR) is 77.7 cm³/mol. The number of aromatic nitrogens is 4. The Morgan fingerprint density at radius 3 is 2.65 bits per heavy atom. The highest BCUT2D eigenvalue weighted by atomic mass is 15.5. The average Bonchev–Trinajstić information content (AvgIpc) is 3.11. The Labute approximate surface area is 119 Å². The third-order valence-corrected chi connectivity index (χ3v) is 4.28. The molecule has 0 aliphatic heterocycles. The van der Waals surface area contributed by atoms with Crippen LogP contribution >= 0.6 is 0 Å². The van der Waals surface area contributed by atoms with Crippen molar-refractivity contribution in [2.75, 3.05) is 13.6 Å². The Bertz CT molecular complexity index is 542. The van der Waals surface area contributed by atoms with Crippen molar-refractivity contribution in [3.63, 3.8) is 0 Å². The molecule has 1 N–H and O–H groups in total. The fourth-order valence-electron chi connectivity index (χ4n) is 3.34. The molecular formula is C15H21N5. The van der Waals surface area contributed by atoms with Crippen LogP contribution in [0.4, 0.5) is 0 Å². The van der Waals surface area contributed by atoms with E-state index in [0.717, 1.165) is 24.5 Å². The first kappa shape index (κ1) is 13.2. The van der Waals surface area contributed by atoms with E-state index < -0.39 is 0 Å². The van der Waals surface area contributed by atoms with Gasteiger partial charge in [-0.2, -0.15) is 4.68 Å². The van der Waals surface area contributed by atoms with Crippen molar-refractivity contribution in [2.24, 2.45) is 5.41 Å². The van der Waals surface area contributed by atoms with Gasteiger partial charge in [-0.3, -0.25) is 0 Å². The highest BCUT2D eigenvalue weighted by molar-refractivity contribution is 5.30. The second kappa shape index (κ2) is 5.71. The molecule has 1 aliphatic carbocycles. The number of nitrogens with one attached hydrogen (secondary N) is 1. The summed E-state index contributed by atoms with van der Waals surface area (Å²) in [6.07, 6.45) is 6.09. The molecule has 0 radical (unpaired) electrons. The highest BCUT2D eigenvalue weighted by Crippen LogP contribution is 2.40. The summed E-state index contributed by atoms with van der Waals surface area (Å²) in [7, 11) is 2.03. The normalized spacial score (nSPS) is 17.4. The van der Waals surface area contributed by atoms with Crippen molar-refractivity contribution in [2.45, 2.75) is 32.1 Å². The summed E-state index contributed by atoms with van der Waals surface area (Å²) in [5, 5.41) is 15.6. The maximum atomic E-state index is 4.26. The van der Waals surface area contributed by atoms with Crippen LogP contribution in [0, 0.1) is 5.41 Å². The molecule has 3 rings (SSSR count). The standard InChI is InChI=1S/C15H21N5/c1-16-12-15(9-5-6-10-15)11-14-17-18-19-20(14)13-7-3-2-4-8-13/h2-4,7-8,16H,5-6,9-12H2,1H3. The topological polar surface area (TPSA) is 55.6 Å². The number of nitrogens with zero attached hydrogens (tertiary/aromatic N) is 4. The summed E-state index contributed by atoms with van der Waals surface area (Å²) in [6, 6.07) is 10.1. The summed E-state index contributed by atoms with van der Waals surface area (Å²) in [4.78, 5) is 0. The van der Waals surface area contributed by atoms with E-state index in [4.69, 9.17) is 0 Å². The van der Waals surface area contributed by atoms with E-state index in [1.54, 1.807) is 0 Å². The van der Waals surface area contributed by atoms with Crippen molar-refractivity contribution < 1.29 is 0 Å². The zero-order valence-corrected chi connectivity index (χ0v) is 11.9. The number of hydrogen-bond donors (Lipinski definition) is 1. The zero-order valence-electron chi connectivity index (χ0n) is 11.9. The minimum atomic E-state index is 0.315. The molecule has 1 aromatic carbocycles. The molecule has 1 heterocycles. The number of para-hydroxylation sites is 1. The lowest BCUT2D eigenvalue weighted by Crippen LogP contribution is -2.33. The lowest BCUT2D eigenvalue weighted by molar-refractivity contribution is 0.278. The van der Waals surface area contributed by atoms with Gasteiger partial charge in [-0.25, -0.2) is 0 Å². The van der Waals surface area contributed by atoms with Crippen LogP contribution in [0.3, 0.4) is 0 Å². The lowest BCUT2D eigenvalue weighted by Gasteiger charge is -2.28. The van der Waals surface area contributed by atoms with Crippen LogP contribution in [0.5, 0.6) is 0 Å². The number of rotatable bonds is 5. The van der Waals surface area contributed by atoms with E-state index in [1.807, 2.05) is 42.1 Å². The van der Waals surface area contributed by atoms with Crippen molar-refractivity contribution in [3.8, 4) is 5.69 Å². The van der Waals surface area contributed by atoms with Crippen LogP contribution < -0.4 is 5.32 Å². The average molecular weight is 271 g/mol. The van der Waals surface area contributed by atoms with Gasteiger partial charge in [0.05, 0.1) is 5.69 Å². The number of hydrogen-bond acceptors (Lipinski definition) is 4. The molecule has 1 fully saturated rings. The zero-order chi connectivity index (χ0) is 13.8. The van der Waals surface area contributed by atoms with Crippen LogP contribution in [-0.4, -0.2) is 33.8 Å². The summed E-state index contributed by atoms with van der Waals surface area (Å²) in [6.45, 7) is 1.04. The largest absolute Gasteiger partial charge is 0.319 e. The Hall–Kier alpha value is -1.75. The van der Waals surface area contributed by atoms with Crippen molar-refractivity contribution in [1.82, 2.24) is 25.5 Å². The third-order valence-electron chi connectivity index (χ3n) is 4.28. The molecule has 5 heteroatoms. The van der Waals surface area contributed by atoms with E-state index in [0.29, 0.717) is 5.41 Å². The van der Waals surface area contributed by atoms with Crippen molar-refractivity contribution in [1.29, 1.82) is 0 Å². The van der Waals surface area contributed by atoms with Gasteiger partial charge in [-0.15, -0.1) is 5.10 Å². The van der Waals surface area contributed by atoms with E-state index in [9.17, 15) is 0 Å². The third kappa shape index (κ3) is 2.58. The second-order valence-electron chi connectivity index (χ2n) is 5.76. The molecule has 0 amide bonds. The first-order valence-electron chi connectivity index (χ1n) is 7.30. The quantitative estimate of drug-likeness (QED) is 0.903. The van der Waals surface area contributed by atoms with E-state index >= 15 is 0 Å². The molecule has 0 bridgehead atoms. The molecule has 1 saturated carbocycles. The fraction of sp³-hybridized carbons (Fsp3) is 0.533. The van der Waals surface area contributed by atoms with Gasteiger partial charge in [0.1, 0.15) is 0 Å². The van der Waals surface area contributed by atoms with Gasteiger partial charge in [-0.1, -0.05) is 31.0 Å². The van der Waals surface area contributed by atoms with Gasteiger partial charge in [0.2, 0.25) is 0 Å². The van der Waals surface area contributed by atoms with E-state index in [2.05, 4.69) is 20.8 Å². The smallest absolute Gasteiger partial charge is 0.157 e. The molecule has 20 heavy (non-hydrogen) atoms. The van der Waals surface area contributed by atoms with Gasteiger partial charge < -0.3 is 5.32 Å². The number of tetrazole rings is 1. The van der Waals surface area contributed by atoms with Crippen molar-refractivity contribution >= 4 is 0 Å². The summed E-state index contributed by atoms with van der Waals surface area (Å²) in [5.41, 5.74) is 1.35. The minimum absolute atomic E-state index is 0.315. The molecular weight excluding hydrogens is 250 g/mol. The van der Waals surface area contributed by atoms with Gasteiger partial charge in [0, 0.05) is 13.0 Å². The second-order valence-corrected chi connectivity index (χ2v) is 5.76. The SMILES string of the molecule is CNCC1(Cc2nnnn2-c2ccccc2)CCCC1. The maximum Gasteiger partial charge on any atom is 0.157 e. The molecule has 1 aromatic heterocycles. The Kier molecular flexibility index (Phi) is 3.78. The molecule has 1 aliphatic rings.